The van der Waals surface area contributed by atoms with Crippen molar-refractivity contribution in [1.29, 1.82) is 0 Å². The van der Waals surface area contributed by atoms with Gasteiger partial charge < -0.3 is 14.8 Å². The Kier molecular flexibility index (Phi) is 2.68. The fraction of sp³-hybridized carbons (Fsp3) is 0. The Bertz CT molecular complexity index is 746. The van der Waals surface area contributed by atoms with E-state index in [9.17, 15) is 4.79 Å². The highest BCUT2D eigenvalue weighted by Gasteiger charge is 2.05. The summed E-state index contributed by atoms with van der Waals surface area (Å²) in [5.74, 6) is 0.218. The lowest BCUT2D eigenvalue weighted by Gasteiger charge is -2.06. The van der Waals surface area contributed by atoms with Crippen LogP contribution in [0, 0.1) is 0 Å². The van der Waals surface area contributed by atoms with Gasteiger partial charge in [0.05, 0.1) is 5.56 Å². The Morgan fingerprint density at radius 3 is 2.74 bits per heavy atom. The third-order valence-corrected chi connectivity index (χ3v) is 2.84. The van der Waals surface area contributed by atoms with E-state index in [2.05, 4.69) is 4.98 Å². The molecule has 94 valence electrons. The standard InChI is InChI=1S/C15H11NO3/c17-15(18)11-2-1-3-12(9-11)19-13-4-5-14-10(8-13)6-7-16-14/h1-9,16H,(H,17,18). The van der Waals surface area contributed by atoms with Gasteiger partial charge in [-0.15, -0.1) is 0 Å². The molecule has 0 amide bonds. The first-order chi connectivity index (χ1) is 9.22. The Labute approximate surface area is 109 Å². The van der Waals surface area contributed by atoms with E-state index < -0.39 is 5.97 Å². The van der Waals surface area contributed by atoms with Gasteiger partial charge in [-0.3, -0.25) is 0 Å². The van der Waals surface area contributed by atoms with E-state index in [1.165, 1.54) is 12.1 Å². The first kappa shape index (κ1) is 11.3. The molecule has 0 aliphatic heterocycles. The molecule has 0 bridgehead atoms. The predicted octanol–water partition coefficient (Wildman–Crippen LogP) is 3.66. The molecule has 0 aliphatic rings. The summed E-state index contributed by atoms with van der Waals surface area (Å²) in [5, 5.41) is 9.98. The van der Waals surface area contributed by atoms with Gasteiger partial charge in [0.25, 0.3) is 0 Å². The lowest BCUT2D eigenvalue weighted by Crippen LogP contribution is -1.96. The van der Waals surface area contributed by atoms with Crippen molar-refractivity contribution in [1.82, 2.24) is 4.98 Å². The van der Waals surface area contributed by atoms with Gasteiger partial charge in [-0.25, -0.2) is 4.79 Å². The van der Waals surface area contributed by atoms with E-state index >= 15 is 0 Å². The Morgan fingerprint density at radius 1 is 1.05 bits per heavy atom. The fourth-order valence-corrected chi connectivity index (χ4v) is 1.92. The molecule has 0 fully saturated rings. The third kappa shape index (κ3) is 2.28. The summed E-state index contributed by atoms with van der Waals surface area (Å²) in [6.45, 7) is 0. The summed E-state index contributed by atoms with van der Waals surface area (Å²) < 4.78 is 5.67. The molecule has 1 heterocycles. The van der Waals surface area contributed by atoms with Crippen LogP contribution < -0.4 is 4.74 Å². The second kappa shape index (κ2) is 4.49. The maximum Gasteiger partial charge on any atom is 0.335 e. The minimum Gasteiger partial charge on any atom is -0.478 e. The van der Waals surface area contributed by atoms with Crippen molar-refractivity contribution in [3.05, 3.63) is 60.3 Å². The molecule has 4 nitrogen and oxygen atoms in total. The largest absolute Gasteiger partial charge is 0.478 e. The first-order valence-corrected chi connectivity index (χ1v) is 5.81. The maximum absolute atomic E-state index is 10.9. The van der Waals surface area contributed by atoms with Crippen LogP contribution in [0.25, 0.3) is 10.9 Å². The number of hydrogen-bond donors (Lipinski definition) is 2. The van der Waals surface area contributed by atoms with Crippen molar-refractivity contribution in [3.8, 4) is 11.5 Å². The third-order valence-electron chi connectivity index (χ3n) is 2.84. The SMILES string of the molecule is O=C(O)c1cccc(Oc2ccc3[nH]ccc3c2)c1. The van der Waals surface area contributed by atoms with Gasteiger partial charge in [-0.1, -0.05) is 6.07 Å². The number of aromatic nitrogens is 1. The first-order valence-electron chi connectivity index (χ1n) is 5.81. The molecule has 2 N–H and O–H groups in total. The molecule has 0 aliphatic carbocycles. The molecule has 0 radical (unpaired) electrons. The normalized spacial score (nSPS) is 10.5. The number of ether oxygens (including phenoxy) is 1. The van der Waals surface area contributed by atoms with Gasteiger partial charge in [0, 0.05) is 17.1 Å². The molecular formula is C15H11NO3. The highest BCUT2D eigenvalue weighted by Crippen LogP contribution is 2.25. The van der Waals surface area contributed by atoms with Crippen LogP contribution >= 0.6 is 0 Å². The molecule has 2 aromatic carbocycles. The molecule has 0 saturated heterocycles. The molecule has 1 aromatic heterocycles. The molecule has 3 rings (SSSR count). The molecule has 0 spiro atoms. The number of aromatic amines is 1. The molecule has 19 heavy (non-hydrogen) atoms. The number of carbonyl (C=O) groups is 1. The average molecular weight is 253 g/mol. The summed E-state index contributed by atoms with van der Waals surface area (Å²) in [6.07, 6.45) is 1.86. The molecule has 3 aromatic rings. The zero-order valence-electron chi connectivity index (χ0n) is 9.96. The summed E-state index contributed by atoms with van der Waals surface area (Å²) in [5.41, 5.74) is 1.24. The van der Waals surface area contributed by atoms with Crippen molar-refractivity contribution < 1.29 is 14.6 Å². The number of rotatable bonds is 3. The van der Waals surface area contributed by atoms with Crippen LogP contribution in [0.1, 0.15) is 10.4 Å². The van der Waals surface area contributed by atoms with Crippen molar-refractivity contribution in [2.24, 2.45) is 0 Å². The second-order valence-electron chi connectivity index (χ2n) is 4.16. The van der Waals surface area contributed by atoms with E-state index in [-0.39, 0.29) is 5.56 Å². The van der Waals surface area contributed by atoms with Gasteiger partial charge in [0.1, 0.15) is 11.5 Å². The summed E-state index contributed by atoms with van der Waals surface area (Å²) in [6, 6.07) is 14.0. The number of carboxylic acid groups (broad SMARTS) is 1. The van der Waals surface area contributed by atoms with Crippen LogP contribution in [0.3, 0.4) is 0 Å². The van der Waals surface area contributed by atoms with Gasteiger partial charge in [-0.2, -0.15) is 0 Å². The van der Waals surface area contributed by atoms with Gasteiger partial charge in [-0.05, 0) is 42.5 Å². The summed E-state index contributed by atoms with van der Waals surface area (Å²) in [4.78, 5) is 14.0. The number of benzene rings is 2. The zero-order valence-corrected chi connectivity index (χ0v) is 9.96. The fourth-order valence-electron chi connectivity index (χ4n) is 1.92. The topological polar surface area (TPSA) is 62.3 Å². The Hall–Kier alpha value is -2.75. The van der Waals surface area contributed by atoms with Crippen molar-refractivity contribution in [2.75, 3.05) is 0 Å². The number of nitrogens with one attached hydrogen (secondary N) is 1. The highest BCUT2D eigenvalue weighted by molar-refractivity contribution is 5.88. The second-order valence-corrected chi connectivity index (χ2v) is 4.16. The molecular weight excluding hydrogens is 242 g/mol. The number of H-pyrrole nitrogens is 1. The van der Waals surface area contributed by atoms with Crippen molar-refractivity contribution >= 4 is 16.9 Å². The number of aromatic carboxylic acids is 1. The average Bonchev–Trinajstić information content (AvgIpc) is 2.86. The Balaban J connectivity index is 1.91. The molecule has 4 heteroatoms. The summed E-state index contributed by atoms with van der Waals surface area (Å²) >= 11 is 0. The number of carboxylic acids is 1. The molecule has 0 unspecified atom stereocenters. The Morgan fingerprint density at radius 2 is 1.89 bits per heavy atom. The maximum atomic E-state index is 10.9. The highest BCUT2D eigenvalue weighted by atomic mass is 16.5. The van der Waals surface area contributed by atoms with Crippen molar-refractivity contribution in [3.63, 3.8) is 0 Å². The lowest BCUT2D eigenvalue weighted by molar-refractivity contribution is 0.0696. The predicted molar refractivity (Wildman–Crippen MR) is 71.8 cm³/mol. The van der Waals surface area contributed by atoms with Crippen LogP contribution in [-0.4, -0.2) is 16.1 Å². The minimum atomic E-state index is -0.966. The lowest BCUT2D eigenvalue weighted by atomic mass is 10.2. The van der Waals surface area contributed by atoms with E-state index in [0.29, 0.717) is 11.5 Å². The van der Waals surface area contributed by atoms with Crippen LogP contribution in [0.15, 0.2) is 54.7 Å². The number of fused-ring (bicyclic) bond motifs is 1. The molecule has 0 atom stereocenters. The van der Waals surface area contributed by atoms with E-state index in [4.69, 9.17) is 9.84 Å². The van der Waals surface area contributed by atoms with Crippen LogP contribution in [0.2, 0.25) is 0 Å². The van der Waals surface area contributed by atoms with E-state index in [1.807, 2.05) is 30.5 Å². The van der Waals surface area contributed by atoms with Gasteiger partial charge in [0.2, 0.25) is 0 Å². The van der Waals surface area contributed by atoms with E-state index in [0.717, 1.165) is 10.9 Å². The monoisotopic (exact) mass is 253 g/mol. The smallest absolute Gasteiger partial charge is 0.335 e. The zero-order chi connectivity index (χ0) is 13.2. The van der Waals surface area contributed by atoms with Crippen LogP contribution in [0.5, 0.6) is 11.5 Å². The summed E-state index contributed by atoms with van der Waals surface area (Å²) in [7, 11) is 0. The quantitative estimate of drug-likeness (QED) is 0.748. The van der Waals surface area contributed by atoms with Gasteiger partial charge >= 0.3 is 5.97 Å². The van der Waals surface area contributed by atoms with Crippen LogP contribution in [0.4, 0.5) is 0 Å². The van der Waals surface area contributed by atoms with E-state index in [1.54, 1.807) is 12.1 Å². The minimum absolute atomic E-state index is 0.209. The number of hydrogen-bond acceptors (Lipinski definition) is 2. The van der Waals surface area contributed by atoms with Crippen LogP contribution in [-0.2, 0) is 0 Å². The van der Waals surface area contributed by atoms with Gasteiger partial charge in [0.15, 0.2) is 0 Å². The molecule has 0 saturated carbocycles. The van der Waals surface area contributed by atoms with Crippen molar-refractivity contribution in [2.45, 2.75) is 0 Å².